The maximum atomic E-state index is 3.58. The third-order valence-electron chi connectivity index (χ3n) is 3.70. The van der Waals surface area contributed by atoms with Gasteiger partial charge < -0.3 is 0 Å². The van der Waals surface area contributed by atoms with Gasteiger partial charge in [0.2, 0.25) is 0 Å². The molecule has 0 aromatic rings. The van der Waals surface area contributed by atoms with Crippen LogP contribution in [0, 0.1) is 17.3 Å². The van der Waals surface area contributed by atoms with Crippen molar-refractivity contribution in [1.29, 1.82) is 0 Å². The predicted molar refractivity (Wildman–Crippen MR) is 52.0 cm³/mol. The second-order valence-electron chi connectivity index (χ2n) is 4.71. The van der Waals surface area contributed by atoms with Gasteiger partial charge in [-0.1, -0.05) is 42.1 Å². The Labute approximate surface area is 77.9 Å². The molecular formula is C10H17Br. The summed E-state index contributed by atoms with van der Waals surface area (Å²) in [7, 11) is 0. The lowest BCUT2D eigenvalue weighted by Crippen LogP contribution is -2.16. The minimum Gasteiger partial charge on any atom is -0.0925 e. The van der Waals surface area contributed by atoms with Crippen molar-refractivity contribution < 1.29 is 0 Å². The summed E-state index contributed by atoms with van der Waals surface area (Å²) < 4.78 is 0. The summed E-state index contributed by atoms with van der Waals surface area (Å²) in [5.74, 6) is 2.10. The lowest BCUT2D eigenvalue weighted by molar-refractivity contribution is 0.239. The highest BCUT2D eigenvalue weighted by Crippen LogP contribution is 2.58. The average Bonchev–Trinajstić information content (AvgIpc) is 2.55. The molecule has 2 saturated carbocycles. The highest BCUT2D eigenvalue weighted by Gasteiger charge is 2.50. The normalized spacial score (nSPS) is 43.6. The van der Waals surface area contributed by atoms with E-state index in [1.54, 1.807) is 0 Å². The fourth-order valence-electron chi connectivity index (χ4n) is 2.35. The Kier molecular flexibility index (Phi) is 2.03. The molecule has 2 unspecified atom stereocenters. The van der Waals surface area contributed by atoms with Crippen LogP contribution in [0.3, 0.4) is 0 Å². The van der Waals surface area contributed by atoms with Gasteiger partial charge in [0, 0.05) is 5.33 Å². The predicted octanol–water partition coefficient (Wildman–Crippen LogP) is 3.60. The zero-order chi connectivity index (χ0) is 7.90. The Morgan fingerprint density at radius 1 is 1.45 bits per heavy atom. The number of rotatable bonds is 3. The van der Waals surface area contributed by atoms with Crippen molar-refractivity contribution >= 4 is 15.9 Å². The maximum absolute atomic E-state index is 3.58. The summed E-state index contributed by atoms with van der Waals surface area (Å²) >= 11 is 3.58. The fourth-order valence-corrected chi connectivity index (χ4v) is 3.36. The van der Waals surface area contributed by atoms with Gasteiger partial charge in [-0.25, -0.2) is 0 Å². The van der Waals surface area contributed by atoms with Gasteiger partial charge in [-0.05, 0) is 30.1 Å². The molecule has 2 atom stereocenters. The molecule has 0 aromatic heterocycles. The molecule has 2 rings (SSSR count). The van der Waals surface area contributed by atoms with E-state index in [4.69, 9.17) is 0 Å². The first-order valence-corrected chi connectivity index (χ1v) is 5.93. The van der Waals surface area contributed by atoms with Crippen molar-refractivity contribution in [2.75, 3.05) is 5.33 Å². The SMILES string of the molecule is CC1(CC2CCC2)CC1CBr. The van der Waals surface area contributed by atoms with Crippen LogP contribution in [-0.2, 0) is 0 Å². The van der Waals surface area contributed by atoms with Crippen LogP contribution in [0.2, 0.25) is 0 Å². The van der Waals surface area contributed by atoms with E-state index >= 15 is 0 Å². The van der Waals surface area contributed by atoms with Crippen LogP contribution in [0.1, 0.15) is 39.0 Å². The van der Waals surface area contributed by atoms with Crippen molar-refractivity contribution in [3.8, 4) is 0 Å². The van der Waals surface area contributed by atoms with Crippen molar-refractivity contribution in [3.05, 3.63) is 0 Å². The lowest BCUT2D eigenvalue weighted by Gasteiger charge is -2.28. The molecule has 0 amide bonds. The van der Waals surface area contributed by atoms with Crippen LogP contribution >= 0.6 is 15.9 Å². The van der Waals surface area contributed by atoms with Gasteiger partial charge in [0.05, 0.1) is 0 Å². The van der Waals surface area contributed by atoms with Crippen molar-refractivity contribution in [2.24, 2.45) is 17.3 Å². The van der Waals surface area contributed by atoms with Gasteiger partial charge in [0.25, 0.3) is 0 Å². The molecule has 0 heterocycles. The lowest BCUT2D eigenvalue weighted by atomic mass is 9.78. The molecule has 0 aromatic carbocycles. The summed E-state index contributed by atoms with van der Waals surface area (Å²) in [6.45, 7) is 2.47. The van der Waals surface area contributed by atoms with Crippen LogP contribution in [0.4, 0.5) is 0 Å². The smallest absolute Gasteiger partial charge is 0.00650 e. The second-order valence-corrected chi connectivity index (χ2v) is 5.36. The Balaban J connectivity index is 1.77. The summed E-state index contributed by atoms with van der Waals surface area (Å²) in [6, 6.07) is 0. The van der Waals surface area contributed by atoms with E-state index in [0.717, 1.165) is 17.3 Å². The average molecular weight is 217 g/mol. The molecule has 0 spiro atoms. The van der Waals surface area contributed by atoms with Gasteiger partial charge in [-0.2, -0.15) is 0 Å². The molecule has 2 aliphatic carbocycles. The molecule has 0 saturated heterocycles. The zero-order valence-electron chi connectivity index (χ0n) is 7.28. The first-order chi connectivity index (χ1) is 5.24. The first kappa shape index (κ1) is 8.10. The van der Waals surface area contributed by atoms with E-state index in [0.29, 0.717) is 0 Å². The maximum Gasteiger partial charge on any atom is 0.00650 e. The Morgan fingerprint density at radius 2 is 2.18 bits per heavy atom. The van der Waals surface area contributed by atoms with Gasteiger partial charge in [0.1, 0.15) is 0 Å². The van der Waals surface area contributed by atoms with Crippen LogP contribution < -0.4 is 0 Å². The van der Waals surface area contributed by atoms with Crippen LogP contribution in [0.5, 0.6) is 0 Å². The Morgan fingerprint density at radius 3 is 2.55 bits per heavy atom. The topological polar surface area (TPSA) is 0 Å². The molecule has 1 heteroatoms. The largest absolute Gasteiger partial charge is 0.0925 e. The molecule has 0 N–H and O–H groups in total. The molecule has 0 aliphatic heterocycles. The summed E-state index contributed by atoms with van der Waals surface area (Å²) in [4.78, 5) is 0. The Hall–Kier alpha value is 0.480. The fraction of sp³-hybridized carbons (Fsp3) is 1.00. The minimum absolute atomic E-state index is 0.745. The van der Waals surface area contributed by atoms with Crippen molar-refractivity contribution in [2.45, 2.75) is 39.0 Å². The van der Waals surface area contributed by atoms with Crippen LogP contribution in [0.25, 0.3) is 0 Å². The third kappa shape index (κ3) is 1.49. The third-order valence-corrected chi connectivity index (χ3v) is 4.49. The van der Waals surface area contributed by atoms with E-state index < -0.39 is 0 Å². The number of halogens is 1. The summed E-state index contributed by atoms with van der Waals surface area (Å²) in [5, 5.41) is 1.23. The molecular weight excluding hydrogens is 200 g/mol. The quantitative estimate of drug-likeness (QED) is 0.633. The molecule has 2 fully saturated rings. The van der Waals surface area contributed by atoms with Crippen molar-refractivity contribution in [3.63, 3.8) is 0 Å². The number of alkyl halides is 1. The molecule has 11 heavy (non-hydrogen) atoms. The van der Waals surface area contributed by atoms with Crippen LogP contribution in [-0.4, -0.2) is 5.33 Å². The van der Waals surface area contributed by atoms with Crippen LogP contribution in [0.15, 0.2) is 0 Å². The van der Waals surface area contributed by atoms with E-state index in [1.165, 1.54) is 37.4 Å². The standard InChI is InChI=1S/C10H17Br/c1-10(6-9(10)7-11)5-8-3-2-4-8/h8-9H,2-7H2,1H3. The zero-order valence-corrected chi connectivity index (χ0v) is 8.86. The van der Waals surface area contributed by atoms with Gasteiger partial charge in [-0.15, -0.1) is 0 Å². The molecule has 64 valence electrons. The van der Waals surface area contributed by atoms with Gasteiger partial charge in [-0.3, -0.25) is 0 Å². The van der Waals surface area contributed by atoms with Gasteiger partial charge in [0.15, 0.2) is 0 Å². The van der Waals surface area contributed by atoms with Gasteiger partial charge >= 0.3 is 0 Å². The van der Waals surface area contributed by atoms with E-state index in [2.05, 4.69) is 22.9 Å². The van der Waals surface area contributed by atoms with E-state index in [-0.39, 0.29) is 0 Å². The summed E-state index contributed by atoms with van der Waals surface area (Å²) in [5.41, 5.74) is 0.745. The minimum atomic E-state index is 0.745. The first-order valence-electron chi connectivity index (χ1n) is 4.80. The molecule has 2 aliphatic rings. The molecule has 0 bridgehead atoms. The number of hydrogen-bond donors (Lipinski definition) is 0. The Bertz CT molecular complexity index is 151. The molecule has 0 radical (unpaired) electrons. The monoisotopic (exact) mass is 216 g/mol. The summed E-state index contributed by atoms with van der Waals surface area (Å²) in [6.07, 6.45) is 7.53. The highest BCUT2D eigenvalue weighted by molar-refractivity contribution is 9.09. The van der Waals surface area contributed by atoms with E-state index in [1.807, 2.05) is 0 Å². The van der Waals surface area contributed by atoms with Crippen molar-refractivity contribution in [1.82, 2.24) is 0 Å². The van der Waals surface area contributed by atoms with E-state index in [9.17, 15) is 0 Å². The highest BCUT2D eigenvalue weighted by atomic mass is 79.9. The number of hydrogen-bond acceptors (Lipinski definition) is 0. The second kappa shape index (κ2) is 2.76. The molecule has 0 nitrogen and oxygen atoms in total.